The van der Waals surface area contributed by atoms with Crippen LogP contribution in [0, 0.1) is 15.2 Å². The minimum absolute atomic E-state index is 0.152. The molecule has 4 rings (SSSR count). The third-order valence-corrected chi connectivity index (χ3v) is 6.45. The minimum atomic E-state index is -0.361. The monoisotopic (exact) mass is 569 g/mol. The van der Waals surface area contributed by atoms with E-state index in [1.54, 1.807) is 12.1 Å². The van der Waals surface area contributed by atoms with Gasteiger partial charge < -0.3 is 5.73 Å². The Bertz CT molecular complexity index is 1100. The van der Waals surface area contributed by atoms with Gasteiger partial charge in [-0.2, -0.15) is 0 Å². The van der Waals surface area contributed by atoms with E-state index in [9.17, 15) is 8.78 Å². The van der Waals surface area contributed by atoms with Crippen LogP contribution in [0.4, 0.5) is 14.5 Å². The topological polar surface area (TPSA) is 26.0 Å². The second-order valence-electron chi connectivity index (χ2n) is 8.26. The molecule has 0 fully saturated rings. The summed E-state index contributed by atoms with van der Waals surface area (Å²) in [7, 11) is 0. The van der Waals surface area contributed by atoms with E-state index in [-0.39, 0.29) is 17.3 Å². The van der Waals surface area contributed by atoms with Crippen molar-refractivity contribution in [2.24, 2.45) is 0 Å². The number of halogens is 3. The molecular weight excluding hydrogens is 539 g/mol. The fraction of sp³-hybridized carbons (Fsp3) is 0.200. The molecule has 0 bridgehead atoms. The Kier molecular flexibility index (Phi) is 9.63. The summed E-state index contributed by atoms with van der Waals surface area (Å²) in [5, 5.41) is 0. The van der Waals surface area contributed by atoms with Gasteiger partial charge in [0, 0.05) is 3.57 Å². The Labute approximate surface area is 215 Å². The molecule has 0 spiro atoms. The highest BCUT2D eigenvalue weighted by Gasteiger charge is 2.04. The highest BCUT2D eigenvalue weighted by molar-refractivity contribution is 14.1. The quantitative estimate of drug-likeness (QED) is 0.182. The maximum atomic E-state index is 13.5. The average molecular weight is 569 g/mol. The van der Waals surface area contributed by atoms with Crippen molar-refractivity contribution in [1.29, 1.82) is 0 Å². The zero-order valence-electron chi connectivity index (χ0n) is 19.6. The van der Waals surface area contributed by atoms with Crippen LogP contribution in [0.15, 0.2) is 84.9 Å². The number of benzene rings is 4. The van der Waals surface area contributed by atoms with Gasteiger partial charge in [0.1, 0.15) is 11.6 Å². The lowest BCUT2D eigenvalue weighted by Crippen LogP contribution is -1.90. The van der Waals surface area contributed by atoms with Gasteiger partial charge in [-0.3, -0.25) is 0 Å². The van der Waals surface area contributed by atoms with E-state index in [4.69, 9.17) is 5.73 Å². The van der Waals surface area contributed by atoms with E-state index in [0.717, 1.165) is 47.9 Å². The maximum absolute atomic E-state index is 13.5. The molecule has 0 aliphatic rings. The second kappa shape index (κ2) is 12.7. The van der Waals surface area contributed by atoms with Crippen LogP contribution in [0.1, 0.15) is 37.8 Å². The smallest absolute Gasteiger partial charge is 0.146 e. The lowest BCUT2D eigenvalue weighted by molar-refractivity contribution is 0.621. The normalized spacial score (nSPS) is 10.5. The van der Waals surface area contributed by atoms with E-state index >= 15 is 0 Å². The average Bonchev–Trinajstić information content (AvgIpc) is 2.84. The molecule has 34 heavy (non-hydrogen) atoms. The van der Waals surface area contributed by atoms with Gasteiger partial charge >= 0.3 is 0 Å². The Morgan fingerprint density at radius 2 is 1.00 bits per heavy atom. The van der Waals surface area contributed by atoms with Gasteiger partial charge in [-0.15, -0.1) is 0 Å². The van der Waals surface area contributed by atoms with Gasteiger partial charge in [-0.1, -0.05) is 87.4 Å². The molecule has 1 nitrogen and oxygen atoms in total. The zero-order chi connectivity index (χ0) is 24.5. The summed E-state index contributed by atoms with van der Waals surface area (Å²) in [5.74, 6) is -0.513. The fourth-order valence-electron chi connectivity index (χ4n) is 3.69. The summed E-state index contributed by atoms with van der Waals surface area (Å²) in [4.78, 5) is 0. The number of rotatable bonds is 6. The van der Waals surface area contributed by atoms with Gasteiger partial charge in [-0.25, -0.2) is 8.78 Å². The number of hydrogen-bond acceptors (Lipinski definition) is 1. The zero-order valence-corrected chi connectivity index (χ0v) is 21.8. The van der Waals surface area contributed by atoms with Crippen molar-refractivity contribution in [1.82, 2.24) is 0 Å². The van der Waals surface area contributed by atoms with E-state index in [1.807, 2.05) is 52.9 Å². The highest BCUT2D eigenvalue weighted by atomic mass is 127. The van der Waals surface area contributed by atoms with Crippen molar-refractivity contribution in [2.45, 2.75) is 39.5 Å². The predicted molar refractivity (Wildman–Crippen MR) is 149 cm³/mol. The summed E-state index contributed by atoms with van der Waals surface area (Å²) < 4.78 is 27.5. The molecule has 4 heteroatoms. The van der Waals surface area contributed by atoms with Crippen LogP contribution < -0.4 is 5.73 Å². The van der Waals surface area contributed by atoms with Crippen LogP contribution in [0.2, 0.25) is 0 Å². The van der Waals surface area contributed by atoms with E-state index < -0.39 is 0 Å². The lowest BCUT2D eigenvalue weighted by atomic mass is 10.0. The van der Waals surface area contributed by atoms with E-state index in [0.29, 0.717) is 3.57 Å². The van der Waals surface area contributed by atoms with Crippen molar-refractivity contribution in [3.8, 4) is 22.3 Å². The Hall–Kier alpha value is -2.73. The van der Waals surface area contributed by atoms with Crippen molar-refractivity contribution < 1.29 is 8.78 Å². The summed E-state index contributed by atoms with van der Waals surface area (Å²) in [6.45, 7) is 4.33. The highest BCUT2D eigenvalue weighted by Crippen LogP contribution is 2.24. The number of aryl methyl sites for hydroxylation is 2. The summed E-state index contributed by atoms with van der Waals surface area (Å²) in [6.07, 6.45) is 4.46. The molecule has 0 saturated carbocycles. The molecule has 0 aliphatic heterocycles. The Morgan fingerprint density at radius 1 is 0.588 bits per heavy atom. The first-order valence-corrected chi connectivity index (χ1v) is 12.7. The standard InChI is InChI=1S/C15H14FI.C15H16FN/c2*1-2-3-11-4-6-12(7-5-11)13-8-9-15(17)14(16)10-13/h4-10H,2-3H2,1H3;4-10H,2-3,17H2,1H3. The van der Waals surface area contributed by atoms with Gasteiger partial charge in [0.05, 0.1) is 5.69 Å². The molecule has 0 atom stereocenters. The molecule has 4 aromatic carbocycles. The fourth-order valence-corrected chi connectivity index (χ4v) is 4.02. The van der Waals surface area contributed by atoms with Gasteiger partial charge in [0.25, 0.3) is 0 Å². The third kappa shape index (κ3) is 7.13. The minimum Gasteiger partial charge on any atom is -0.396 e. The van der Waals surface area contributed by atoms with Crippen LogP contribution in [-0.4, -0.2) is 0 Å². The molecule has 0 heterocycles. The predicted octanol–water partition coefficient (Wildman–Crippen LogP) is 9.08. The molecule has 0 amide bonds. The number of nitrogens with two attached hydrogens (primary N) is 1. The van der Waals surface area contributed by atoms with Crippen molar-refractivity contribution >= 4 is 28.3 Å². The Balaban J connectivity index is 0.000000191. The maximum Gasteiger partial charge on any atom is 0.146 e. The van der Waals surface area contributed by atoms with Crippen LogP contribution in [0.25, 0.3) is 22.3 Å². The van der Waals surface area contributed by atoms with Crippen LogP contribution in [0.3, 0.4) is 0 Å². The molecular formula is C30H30F2IN. The first kappa shape index (κ1) is 25.9. The Morgan fingerprint density at radius 3 is 1.41 bits per heavy atom. The molecule has 0 aliphatic carbocycles. The molecule has 0 radical (unpaired) electrons. The van der Waals surface area contributed by atoms with Crippen molar-refractivity contribution in [3.63, 3.8) is 0 Å². The van der Waals surface area contributed by atoms with Crippen LogP contribution in [-0.2, 0) is 12.8 Å². The van der Waals surface area contributed by atoms with Gasteiger partial charge in [0.2, 0.25) is 0 Å². The van der Waals surface area contributed by atoms with Crippen molar-refractivity contribution in [3.05, 3.63) is 111 Å². The van der Waals surface area contributed by atoms with Gasteiger partial charge in [-0.05, 0) is 93.1 Å². The third-order valence-electron chi connectivity index (χ3n) is 5.57. The largest absolute Gasteiger partial charge is 0.396 e. The van der Waals surface area contributed by atoms with E-state index in [2.05, 4.69) is 50.2 Å². The number of anilines is 1. The first-order chi connectivity index (χ1) is 16.4. The summed E-state index contributed by atoms with van der Waals surface area (Å²) in [5.41, 5.74) is 12.2. The summed E-state index contributed by atoms with van der Waals surface area (Å²) in [6, 6.07) is 26.9. The lowest BCUT2D eigenvalue weighted by Gasteiger charge is -2.05. The molecule has 0 unspecified atom stereocenters. The van der Waals surface area contributed by atoms with E-state index in [1.165, 1.54) is 17.2 Å². The second-order valence-corrected chi connectivity index (χ2v) is 9.42. The molecule has 0 aromatic heterocycles. The SMILES string of the molecule is CCCc1ccc(-c2ccc(I)c(F)c2)cc1.CCCc1ccc(-c2ccc(N)c(F)c2)cc1. The van der Waals surface area contributed by atoms with Gasteiger partial charge in [0.15, 0.2) is 0 Å². The number of hydrogen-bond donors (Lipinski definition) is 1. The molecule has 4 aromatic rings. The molecule has 0 saturated heterocycles. The van der Waals surface area contributed by atoms with Crippen LogP contribution in [0.5, 0.6) is 0 Å². The summed E-state index contributed by atoms with van der Waals surface area (Å²) >= 11 is 2.00. The number of nitrogen functional groups attached to an aromatic ring is 1. The van der Waals surface area contributed by atoms with Crippen molar-refractivity contribution in [2.75, 3.05) is 5.73 Å². The molecule has 176 valence electrons. The first-order valence-electron chi connectivity index (χ1n) is 11.6. The van der Waals surface area contributed by atoms with Crippen LogP contribution >= 0.6 is 22.6 Å². The molecule has 2 N–H and O–H groups in total.